The van der Waals surface area contributed by atoms with E-state index in [1.807, 2.05) is 0 Å². The predicted molar refractivity (Wildman–Crippen MR) is 89.2 cm³/mol. The minimum atomic E-state index is -3.88. The molecule has 0 bridgehead atoms. The molecule has 0 saturated carbocycles. The van der Waals surface area contributed by atoms with Crippen molar-refractivity contribution < 1.29 is 16.6 Å². The Morgan fingerprint density at radius 1 is 0.750 bits per heavy atom. The molecule has 0 aliphatic rings. The van der Waals surface area contributed by atoms with E-state index < -0.39 is 17.2 Å². The number of hydrogen-bond donors (Lipinski definition) is 0. The molecule has 0 fully saturated rings. The Morgan fingerprint density at radius 2 is 1.10 bits per heavy atom. The van der Waals surface area contributed by atoms with Crippen molar-refractivity contribution in [1.82, 2.24) is 0 Å². The molecule has 0 aromatic heterocycles. The zero-order valence-electron chi connectivity index (χ0n) is 13.9. The van der Waals surface area contributed by atoms with Gasteiger partial charge in [0.15, 0.2) is 0 Å². The van der Waals surface area contributed by atoms with E-state index in [4.69, 9.17) is 8.15 Å². The van der Waals surface area contributed by atoms with Crippen LogP contribution in [-0.4, -0.2) is 39.7 Å². The molecule has 0 aliphatic carbocycles. The summed E-state index contributed by atoms with van der Waals surface area (Å²) in [5, 5.41) is 0. The van der Waals surface area contributed by atoms with Crippen LogP contribution < -0.4 is 0 Å². The molecule has 0 radical (unpaired) electrons. The summed E-state index contributed by atoms with van der Waals surface area (Å²) >= 11 is 0. The average Bonchev–Trinajstić information content (AvgIpc) is 2.29. The second kappa shape index (κ2) is 8.67. The molecular weight excluding hydrogens is 295 g/mol. The summed E-state index contributed by atoms with van der Waals surface area (Å²) in [6, 6.07) is 0. The third-order valence-electron chi connectivity index (χ3n) is 3.72. The monoisotopic (exact) mass is 328 g/mol. The van der Waals surface area contributed by atoms with Gasteiger partial charge < -0.3 is 0 Å². The maximum atomic E-state index is 12.1. The van der Waals surface area contributed by atoms with Gasteiger partial charge in [-0.3, -0.25) is 0 Å². The van der Waals surface area contributed by atoms with E-state index in [-0.39, 0.29) is 6.61 Å². The van der Waals surface area contributed by atoms with Gasteiger partial charge in [-0.05, 0) is 0 Å². The first-order valence-corrected chi connectivity index (χ1v) is 12.2. The van der Waals surface area contributed by atoms with Crippen LogP contribution in [0.15, 0.2) is 0 Å². The van der Waals surface area contributed by atoms with E-state index >= 15 is 0 Å². The second-order valence-electron chi connectivity index (χ2n) is 5.64. The van der Waals surface area contributed by atoms with Crippen LogP contribution in [0.1, 0.15) is 60.3 Å². The molecule has 20 heavy (non-hydrogen) atoms. The molecule has 0 heterocycles. The Balaban J connectivity index is 5.68. The van der Waals surface area contributed by atoms with Crippen LogP contribution >= 0.6 is 6.83 Å². The van der Waals surface area contributed by atoms with Gasteiger partial charge in [0.05, 0.1) is 0 Å². The van der Waals surface area contributed by atoms with Crippen LogP contribution in [0.25, 0.3) is 0 Å². The molecule has 4 nitrogen and oxygen atoms in total. The number of rotatable bonds is 12. The van der Waals surface area contributed by atoms with Gasteiger partial charge in [0.1, 0.15) is 0 Å². The van der Waals surface area contributed by atoms with Gasteiger partial charge in [-0.2, -0.15) is 0 Å². The van der Waals surface area contributed by atoms with Crippen molar-refractivity contribution in [3.8, 4) is 0 Å². The van der Waals surface area contributed by atoms with Crippen molar-refractivity contribution in [2.75, 3.05) is 31.3 Å². The molecule has 0 amide bonds. The summed E-state index contributed by atoms with van der Waals surface area (Å²) in [6.45, 7) is 7.53. The molecule has 0 N–H and O–H groups in total. The topological polar surface area (TPSA) is 52.6 Å². The first-order valence-electron chi connectivity index (χ1n) is 7.94. The molecule has 0 aromatic rings. The fourth-order valence-electron chi connectivity index (χ4n) is 3.51. The molecule has 6 heteroatoms. The standard InChI is InChI=1S/C14H33O4PS/c1-6-11-19(12-7-2,13-8-3,14-9-4)18-20(15,16)17-10-5/h6-14H2,1-5H3. The van der Waals surface area contributed by atoms with Crippen LogP contribution in [0.3, 0.4) is 0 Å². The van der Waals surface area contributed by atoms with Crippen molar-refractivity contribution in [2.24, 2.45) is 0 Å². The molecule has 0 aromatic carbocycles. The zero-order valence-corrected chi connectivity index (χ0v) is 15.6. The van der Waals surface area contributed by atoms with Crippen LogP contribution in [-0.2, 0) is 18.6 Å². The molecule has 0 spiro atoms. The summed E-state index contributed by atoms with van der Waals surface area (Å²) < 4.78 is 35.1. The fraction of sp³-hybridized carbons (Fsp3) is 1.00. The van der Waals surface area contributed by atoms with Crippen molar-refractivity contribution in [1.29, 1.82) is 0 Å². The quantitative estimate of drug-likeness (QED) is 0.498. The first kappa shape index (κ1) is 20.3. The van der Waals surface area contributed by atoms with Crippen molar-refractivity contribution in [3.63, 3.8) is 0 Å². The normalized spacial score (nSPS) is 14.9. The Kier molecular flexibility index (Phi) is 8.80. The Morgan fingerprint density at radius 3 is 1.35 bits per heavy atom. The minimum absolute atomic E-state index is 0.130. The molecule has 0 atom stereocenters. The van der Waals surface area contributed by atoms with Gasteiger partial charge in [-0.15, -0.1) is 0 Å². The maximum absolute atomic E-state index is 12.1. The summed E-state index contributed by atoms with van der Waals surface area (Å²) in [7, 11) is -3.88. The summed E-state index contributed by atoms with van der Waals surface area (Å²) in [6.07, 6.45) is 7.36. The van der Waals surface area contributed by atoms with Gasteiger partial charge in [-0.25, -0.2) is 0 Å². The summed E-state index contributed by atoms with van der Waals surface area (Å²) in [5.41, 5.74) is 0. The van der Waals surface area contributed by atoms with Gasteiger partial charge in [0.25, 0.3) is 0 Å². The Labute approximate surface area is 126 Å². The Bertz CT molecular complexity index is 332. The zero-order chi connectivity index (χ0) is 15.7. The molecule has 0 rings (SSSR count). The van der Waals surface area contributed by atoms with Crippen LogP contribution in [0.5, 0.6) is 0 Å². The summed E-state index contributed by atoms with van der Waals surface area (Å²) in [5.74, 6) is 0. The average molecular weight is 328 g/mol. The van der Waals surface area contributed by atoms with E-state index in [2.05, 4.69) is 27.7 Å². The van der Waals surface area contributed by atoms with Gasteiger partial charge >= 0.3 is 125 Å². The molecule has 0 aliphatic heterocycles. The van der Waals surface area contributed by atoms with E-state index in [1.165, 1.54) is 0 Å². The van der Waals surface area contributed by atoms with Gasteiger partial charge in [0.2, 0.25) is 0 Å². The summed E-state index contributed by atoms with van der Waals surface area (Å²) in [4.78, 5) is 0. The van der Waals surface area contributed by atoms with E-state index in [0.717, 1.165) is 50.3 Å². The first-order chi connectivity index (χ1) is 9.32. The molecule has 0 unspecified atom stereocenters. The molecule has 124 valence electrons. The second-order valence-corrected chi connectivity index (χ2v) is 12.8. The van der Waals surface area contributed by atoms with Crippen molar-refractivity contribution >= 4 is 17.2 Å². The molecular formula is C14H33O4PS. The van der Waals surface area contributed by atoms with Gasteiger partial charge in [0, 0.05) is 0 Å². The van der Waals surface area contributed by atoms with Gasteiger partial charge in [-0.1, -0.05) is 0 Å². The SMILES string of the molecule is CCCP(CCC)(CCC)(CCC)OS(=O)(=O)OCC. The third-order valence-corrected chi connectivity index (χ3v) is 13.0. The Hall–Kier alpha value is 0.300. The van der Waals surface area contributed by atoms with E-state index in [0.29, 0.717) is 0 Å². The van der Waals surface area contributed by atoms with Crippen LogP contribution in [0.2, 0.25) is 0 Å². The van der Waals surface area contributed by atoms with Crippen LogP contribution in [0.4, 0.5) is 0 Å². The van der Waals surface area contributed by atoms with E-state index in [9.17, 15) is 8.42 Å². The van der Waals surface area contributed by atoms with Crippen LogP contribution in [0, 0.1) is 0 Å². The predicted octanol–water partition coefficient (Wildman–Crippen LogP) is 4.39. The third kappa shape index (κ3) is 5.59. The number of hydrogen-bond acceptors (Lipinski definition) is 4. The van der Waals surface area contributed by atoms with Crippen molar-refractivity contribution in [3.05, 3.63) is 0 Å². The molecule has 0 saturated heterocycles. The van der Waals surface area contributed by atoms with E-state index in [1.54, 1.807) is 6.92 Å². The fourth-order valence-corrected chi connectivity index (χ4v) is 13.1. The van der Waals surface area contributed by atoms with Crippen molar-refractivity contribution in [2.45, 2.75) is 60.3 Å².